The predicted octanol–water partition coefficient (Wildman–Crippen LogP) is 12.2. The van der Waals surface area contributed by atoms with Gasteiger partial charge in [0, 0.05) is 16.7 Å². The summed E-state index contributed by atoms with van der Waals surface area (Å²) in [5.74, 6) is 1.96. The molecule has 1 heterocycles. The van der Waals surface area contributed by atoms with Crippen molar-refractivity contribution < 1.29 is 0 Å². The molecule has 0 fully saturated rings. The number of benzene rings is 8. The highest BCUT2D eigenvalue weighted by atomic mass is 15.0. The molecule has 232 valence electrons. The molecule has 50 heavy (non-hydrogen) atoms. The van der Waals surface area contributed by atoms with E-state index in [2.05, 4.69) is 140 Å². The third kappa shape index (κ3) is 4.56. The van der Waals surface area contributed by atoms with E-state index in [0.29, 0.717) is 17.5 Å². The summed E-state index contributed by atoms with van der Waals surface area (Å²) in [5.41, 5.74) is 12.8. The fourth-order valence-corrected chi connectivity index (χ4v) is 7.56. The van der Waals surface area contributed by atoms with E-state index in [0.717, 1.165) is 38.6 Å². The zero-order valence-corrected chi connectivity index (χ0v) is 27.1. The SMILES string of the molecule is c1ccc(-c2nc(-c3ccccc3)nc(-c3c(-c4ccc(-c5ccc6c7c(cccc57)-c5ccccc5-6)cc4)ccc4ccccc34)n2)cc1. The molecule has 0 aliphatic heterocycles. The van der Waals surface area contributed by atoms with Gasteiger partial charge in [-0.15, -0.1) is 0 Å². The highest BCUT2D eigenvalue weighted by Gasteiger charge is 2.23. The third-order valence-electron chi connectivity index (χ3n) is 9.91. The molecule has 0 radical (unpaired) electrons. The topological polar surface area (TPSA) is 38.7 Å². The molecule has 0 unspecified atom stereocenters. The van der Waals surface area contributed by atoms with Crippen molar-refractivity contribution in [3.63, 3.8) is 0 Å². The van der Waals surface area contributed by atoms with Crippen LogP contribution >= 0.6 is 0 Å². The molecule has 9 aromatic rings. The molecule has 0 saturated heterocycles. The van der Waals surface area contributed by atoms with Crippen LogP contribution < -0.4 is 0 Å². The average molecular weight is 636 g/mol. The number of fused-ring (bicyclic) bond motifs is 4. The lowest BCUT2D eigenvalue weighted by molar-refractivity contribution is 1.08. The van der Waals surface area contributed by atoms with E-state index in [-0.39, 0.29) is 0 Å². The molecular weight excluding hydrogens is 607 g/mol. The standard InChI is InChI=1S/C47H29N3/c1-3-13-33(14-4-1)45-48-46(34-15-5-2-6-16-34)50-47(49-45)44-36-17-8-7-12-30(36)26-27-37(44)32-24-22-31(23-25-32)35-28-29-42-39-19-10-9-18-38(39)41-21-11-20-40(35)43(41)42/h1-29H. The summed E-state index contributed by atoms with van der Waals surface area (Å²) < 4.78 is 0. The van der Waals surface area contributed by atoms with Crippen LogP contribution in [0.4, 0.5) is 0 Å². The minimum absolute atomic E-state index is 0.651. The molecular formula is C47H29N3. The fraction of sp³-hybridized carbons (Fsp3) is 0. The zero-order valence-electron chi connectivity index (χ0n) is 27.1. The number of nitrogens with zero attached hydrogens (tertiary/aromatic N) is 3. The lowest BCUT2D eigenvalue weighted by Gasteiger charge is -2.15. The van der Waals surface area contributed by atoms with Gasteiger partial charge in [-0.25, -0.2) is 15.0 Å². The molecule has 1 aliphatic rings. The minimum atomic E-state index is 0.651. The first-order chi connectivity index (χ1) is 24.8. The van der Waals surface area contributed by atoms with E-state index in [9.17, 15) is 0 Å². The van der Waals surface area contributed by atoms with Crippen LogP contribution in [-0.2, 0) is 0 Å². The van der Waals surface area contributed by atoms with Crippen molar-refractivity contribution in [1.82, 2.24) is 15.0 Å². The van der Waals surface area contributed by atoms with Crippen LogP contribution in [0, 0.1) is 0 Å². The Morgan fingerprint density at radius 1 is 0.260 bits per heavy atom. The second kappa shape index (κ2) is 11.5. The van der Waals surface area contributed by atoms with Crippen LogP contribution in [0.15, 0.2) is 176 Å². The Balaban J connectivity index is 1.14. The summed E-state index contributed by atoms with van der Waals surface area (Å²) >= 11 is 0. The summed E-state index contributed by atoms with van der Waals surface area (Å²) in [6, 6.07) is 62.2. The smallest absolute Gasteiger partial charge is 0.165 e. The van der Waals surface area contributed by atoms with Crippen LogP contribution in [-0.4, -0.2) is 15.0 Å². The van der Waals surface area contributed by atoms with Crippen molar-refractivity contribution in [3.8, 4) is 78.7 Å². The van der Waals surface area contributed by atoms with Gasteiger partial charge in [-0.3, -0.25) is 0 Å². The first-order valence-electron chi connectivity index (χ1n) is 17.0. The lowest BCUT2D eigenvalue weighted by Crippen LogP contribution is -2.01. The summed E-state index contributed by atoms with van der Waals surface area (Å²) in [5, 5.41) is 4.86. The van der Waals surface area contributed by atoms with Gasteiger partial charge < -0.3 is 0 Å². The first-order valence-corrected chi connectivity index (χ1v) is 17.0. The summed E-state index contributed by atoms with van der Waals surface area (Å²) in [4.78, 5) is 15.3. The molecule has 0 bridgehead atoms. The molecule has 0 saturated carbocycles. The van der Waals surface area contributed by atoms with Crippen molar-refractivity contribution in [2.45, 2.75) is 0 Å². The van der Waals surface area contributed by atoms with Gasteiger partial charge in [0.15, 0.2) is 17.5 Å². The second-order valence-electron chi connectivity index (χ2n) is 12.8. The van der Waals surface area contributed by atoms with Gasteiger partial charge in [-0.1, -0.05) is 176 Å². The molecule has 0 spiro atoms. The Morgan fingerprint density at radius 3 is 1.42 bits per heavy atom. The van der Waals surface area contributed by atoms with Crippen LogP contribution in [0.3, 0.4) is 0 Å². The largest absolute Gasteiger partial charge is 0.208 e. The normalized spacial score (nSPS) is 11.6. The predicted molar refractivity (Wildman–Crippen MR) is 206 cm³/mol. The second-order valence-corrected chi connectivity index (χ2v) is 12.8. The Labute approximate surface area is 290 Å². The zero-order chi connectivity index (χ0) is 33.0. The highest BCUT2D eigenvalue weighted by Crippen LogP contribution is 2.49. The van der Waals surface area contributed by atoms with Gasteiger partial charge in [0.2, 0.25) is 0 Å². The van der Waals surface area contributed by atoms with E-state index >= 15 is 0 Å². The Hall–Kier alpha value is -6.71. The number of hydrogen-bond donors (Lipinski definition) is 0. The number of aromatic nitrogens is 3. The maximum absolute atomic E-state index is 5.15. The fourth-order valence-electron chi connectivity index (χ4n) is 7.56. The van der Waals surface area contributed by atoms with Gasteiger partial charge in [-0.05, 0) is 66.1 Å². The molecule has 1 aromatic heterocycles. The number of rotatable bonds is 5. The van der Waals surface area contributed by atoms with Crippen molar-refractivity contribution in [1.29, 1.82) is 0 Å². The van der Waals surface area contributed by atoms with Crippen LogP contribution in [0.25, 0.3) is 100 Å². The summed E-state index contributed by atoms with van der Waals surface area (Å²) in [7, 11) is 0. The molecule has 3 nitrogen and oxygen atoms in total. The van der Waals surface area contributed by atoms with E-state index in [1.54, 1.807) is 0 Å². The van der Waals surface area contributed by atoms with Crippen molar-refractivity contribution in [2.24, 2.45) is 0 Å². The van der Waals surface area contributed by atoms with Crippen molar-refractivity contribution in [2.75, 3.05) is 0 Å². The van der Waals surface area contributed by atoms with E-state index in [1.165, 1.54) is 44.2 Å². The Kier molecular flexibility index (Phi) is 6.49. The quantitative estimate of drug-likeness (QED) is 0.189. The van der Waals surface area contributed by atoms with Crippen molar-refractivity contribution in [3.05, 3.63) is 176 Å². The third-order valence-corrected chi connectivity index (χ3v) is 9.91. The van der Waals surface area contributed by atoms with E-state index in [1.807, 2.05) is 36.4 Å². The molecule has 10 rings (SSSR count). The monoisotopic (exact) mass is 635 g/mol. The van der Waals surface area contributed by atoms with E-state index < -0.39 is 0 Å². The summed E-state index contributed by atoms with van der Waals surface area (Å²) in [6.45, 7) is 0. The van der Waals surface area contributed by atoms with Gasteiger partial charge in [0.1, 0.15) is 0 Å². The first kappa shape index (κ1) is 28.3. The van der Waals surface area contributed by atoms with Gasteiger partial charge in [-0.2, -0.15) is 0 Å². The highest BCUT2D eigenvalue weighted by molar-refractivity contribution is 6.18. The molecule has 0 atom stereocenters. The van der Waals surface area contributed by atoms with E-state index in [4.69, 9.17) is 15.0 Å². The number of hydrogen-bond acceptors (Lipinski definition) is 3. The van der Waals surface area contributed by atoms with Crippen molar-refractivity contribution >= 4 is 21.5 Å². The lowest BCUT2D eigenvalue weighted by atomic mass is 9.91. The molecule has 0 amide bonds. The van der Waals surface area contributed by atoms with Crippen LogP contribution in [0.1, 0.15) is 0 Å². The van der Waals surface area contributed by atoms with Gasteiger partial charge in [0.05, 0.1) is 0 Å². The maximum Gasteiger partial charge on any atom is 0.165 e. The molecule has 1 aliphatic carbocycles. The van der Waals surface area contributed by atoms with Crippen LogP contribution in [0.5, 0.6) is 0 Å². The molecule has 8 aromatic carbocycles. The van der Waals surface area contributed by atoms with Gasteiger partial charge >= 0.3 is 0 Å². The Bertz CT molecular complexity index is 2650. The maximum atomic E-state index is 5.15. The van der Waals surface area contributed by atoms with Crippen LogP contribution in [0.2, 0.25) is 0 Å². The minimum Gasteiger partial charge on any atom is -0.208 e. The average Bonchev–Trinajstić information content (AvgIpc) is 3.53. The Morgan fingerprint density at radius 2 is 0.740 bits per heavy atom. The summed E-state index contributed by atoms with van der Waals surface area (Å²) in [6.07, 6.45) is 0. The molecule has 3 heteroatoms. The van der Waals surface area contributed by atoms with Gasteiger partial charge in [0.25, 0.3) is 0 Å². The molecule has 0 N–H and O–H groups in total.